The number of nitrogens with zero attached hydrogens (tertiary/aromatic N) is 2. The monoisotopic (exact) mass is 571 g/mol. The Balaban J connectivity index is 0.00000380. The fourth-order valence-electron chi connectivity index (χ4n) is 4.19. The van der Waals surface area contributed by atoms with Crippen LogP contribution in [0.25, 0.3) is 11.1 Å². The molecule has 0 aliphatic carbocycles. The van der Waals surface area contributed by atoms with Crippen molar-refractivity contribution in [3.8, 4) is 11.5 Å². The molecule has 0 bridgehead atoms. The summed E-state index contributed by atoms with van der Waals surface area (Å²) in [6.07, 6.45) is 4.28. The SMILES string of the molecule is Br.CC(=O)c1c(OCCn2ccc(=N)cc2)c(OCCC(C)c2ccc(F)cc2)c2oc(C)nc2c1C. The zero-order valence-electron chi connectivity index (χ0n) is 21.3. The predicted octanol–water partition coefficient (Wildman–Crippen LogP) is 6.30. The smallest absolute Gasteiger partial charge is 0.207 e. The molecule has 0 saturated heterocycles. The van der Waals surface area contributed by atoms with Crippen molar-refractivity contribution in [2.24, 2.45) is 0 Å². The molecule has 0 saturated carbocycles. The van der Waals surface area contributed by atoms with Gasteiger partial charge in [0.25, 0.3) is 0 Å². The van der Waals surface area contributed by atoms with Crippen molar-refractivity contribution < 1.29 is 23.1 Å². The highest BCUT2D eigenvalue weighted by molar-refractivity contribution is 8.93. The second-order valence-electron chi connectivity index (χ2n) is 8.89. The molecule has 1 N–H and O–H groups in total. The number of oxazole rings is 1. The zero-order valence-corrected chi connectivity index (χ0v) is 23.1. The molecule has 9 heteroatoms. The lowest BCUT2D eigenvalue weighted by atomic mass is 9.98. The van der Waals surface area contributed by atoms with Crippen LogP contribution in [-0.2, 0) is 6.54 Å². The standard InChI is InChI=1S/C28H30FN3O4.BrH/c1-17(21-5-7-22(29)8-6-21)11-15-34-28-26(35-16-14-32-12-9-23(30)10-13-32)24(19(3)33)18(2)25-27(28)36-20(4)31-25;/h5-10,12-13,17,30H,11,14-16H2,1-4H3;1H. The molecule has 0 aliphatic rings. The Morgan fingerprint density at radius 1 is 1.08 bits per heavy atom. The summed E-state index contributed by atoms with van der Waals surface area (Å²) in [5.74, 6) is 0.888. The molecular formula is C28H31BrFN3O4. The average molecular weight is 572 g/mol. The van der Waals surface area contributed by atoms with Crippen molar-refractivity contribution in [1.29, 1.82) is 5.41 Å². The Labute approximate surface area is 225 Å². The summed E-state index contributed by atoms with van der Waals surface area (Å²) < 4.78 is 33.5. The summed E-state index contributed by atoms with van der Waals surface area (Å²) in [6.45, 7) is 8.27. The first-order valence-electron chi connectivity index (χ1n) is 11.9. The van der Waals surface area contributed by atoms with Gasteiger partial charge in [-0.2, -0.15) is 0 Å². The van der Waals surface area contributed by atoms with Crippen molar-refractivity contribution in [3.63, 3.8) is 0 Å². The average Bonchev–Trinajstić information content (AvgIpc) is 3.24. The van der Waals surface area contributed by atoms with Crippen LogP contribution in [0.5, 0.6) is 11.5 Å². The van der Waals surface area contributed by atoms with E-state index in [0.29, 0.717) is 64.5 Å². The number of aryl methyl sites for hydroxylation is 2. The van der Waals surface area contributed by atoms with Crippen LogP contribution in [0.3, 0.4) is 0 Å². The molecule has 2 aromatic heterocycles. The van der Waals surface area contributed by atoms with Crippen LogP contribution in [0.1, 0.15) is 53.6 Å². The van der Waals surface area contributed by atoms with E-state index in [-0.39, 0.29) is 41.1 Å². The Bertz CT molecular complexity index is 1430. The van der Waals surface area contributed by atoms with Crippen molar-refractivity contribution >= 4 is 33.9 Å². The lowest BCUT2D eigenvalue weighted by molar-refractivity contribution is 0.101. The summed E-state index contributed by atoms with van der Waals surface area (Å²) in [5.41, 5.74) is 3.14. The number of pyridine rings is 1. The lowest BCUT2D eigenvalue weighted by Gasteiger charge is -2.19. The van der Waals surface area contributed by atoms with Gasteiger partial charge >= 0.3 is 0 Å². The normalized spacial score (nSPS) is 11.7. The van der Waals surface area contributed by atoms with Crippen molar-refractivity contribution in [1.82, 2.24) is 9.55 Å². The van der Waals surface area contributed by atoms with Crippen molar-refractivity contribution in [3.05, 3.63) is 82.5 Å². The molecule has 4 aromatic rings. The van der Waals surface area contributed by atoms with Crippen LogP contribution in [-0.4, -0.2) is 28.5 Å². The maximum atomic E-state index is 13.3. The second-order valence-corrected chi connectivity index (χ2v) is 8.89. The van der Waals surface area contributed by atoms with Gasteiger partial charge in [-0.3, -0.25) is 4.79 Å². The minimum atomic E-state index is -0.266. The molecule has 0 fully saturated rings. The number of benzene rings is 2. The summed E-state index contributed by atoms with van der Waals surface area (Å²) in [5, 5.41) is 8.07. The van der Waals surface area contributed by atoms with E-state index in [9.17, 15) is 9.18 Å². The maximum Gasteiger partial charge on any atom is 0.207 e. The predicted molar refractivity (Wildman–Crippen MR) is 145 cm³/mol. The van der Waals surface area contributed by atoms with Gasteiger partial charge in [0, 0.05) is 19.3 Å². The number of Topliss-reactive ketones (excluding diaryl/α,β-unsaturated/α-hetero) is 1. The molecule has 2 heterocycles. The Kier molecular flexibility index (Phi) is 9.26. The Hall–Kier alpha value is -3.46. The highest BCUT2D eigenvalue weighted by Gasteiger charge is 2.26. The highest BCUT2D eigenvalue weighted by Crippen LogP contribution is 2.42. The van der Waals surface area contributed by atoms with Gasteiger partial charge in [-0.1, -0.05) is 19.1 Å². The number of fused-ring (bicyclic) bond motifs is 1. The molecule has 0 aliphatic heterocycles. The summed E-state index contributed by atoms with van der Waals surface area (Å²) in [6, 6.07) is 9.85. The fraction of sp³-hybridized carbons (Fsp3) is 0.321. The van der Waals surface area contributed by atoms with E-state index in [4.69, 9.17) is 19.3 Å². The summed E-state index contributed by atoms with van der Waals surface area (Å²) >= 11 is 0. The van der Waals surface area contributed by atoms with Gasteiger partial charge in [0.15, 0.2) is 17.4 Å². The van der Waals surface area contributed by atoms with Crippen molar-refractivity contribution in [2.75, 3.05) is 13.2 Å². The molecule has 7 nitrogen and oxygen atoms in total. The van der Waals surface area contributed by atoms with Crippen LogP contribution < -0.4 is 14.8 Å². The van der Waals surface area contributed by atoms with E-state index in [0.717, 1.165) is 5.56 Å². The number of halogens is 2. The molecule has 0 amide bonds. The first-order valence-corrected chi connectivity index (χ1v) is 11.9. The zero-order chi connectivity index (χ0) is 25.8. The number of rotatable bonds is 10. The van der Waals surface area contributed by atoms with Gasteiger partial charge in [-0.25, -0.2) is 9.37 Å². The first kappa shape index (κ1) is 28.1. The van der Waals surface area contributed by atoms with Gasteiger partial charge in [-0.05, 0) is 61.6 Å². The number of nitrogens with one attached hydrogen (secondary N) is 1. The van der Waals surface area contributed by atoms with Gasteiger partial charge < -0.3 is 23.9 Å². The van der Waals surface area contributed by atoms with Crippen LogP contribution in [0, 0.1) is 25.1 Å². The van der Waals surface area contributed by atoms with E-state index < -0.39 is 0 Å². The number of aromatic nitrogens is 2. The highest BCUT2D eigenvalue weighted by atomic mass is 79.9. The molecule has 37 heavy (non-hydrogen) atoms. The maximum absolute atomic E-state index is 13.3. The van der Waals surface area contributed by atoms with E-state index in [1.165, 1.54) is 19.1 Å². The van der Waals surface area contributed by atoms with Gasteiger partial charge in [0.2, 0.25) is 11.3 Å². The summed E-state index contributed by atoms with van der Waals surface area (Å²) in [4.78, 5) is 17.2. The molecule has 1 unspecified atom stereocenters. The second kappa shape index (κ2) is 12.2. The number of hydrogen-bond acceptors (Lipinski definition) is 6. The molecule has 1 atom stereocenters. The van der Waals surface area contributed by atoms with Gasteiger partial charge in [0.1, 0.15) is 17.9 Å². The van der Waals surface area contributed by atoms with Gasteiger partial charge in [-0.15, -0.1) is 17.0 Å². The minimum absolute atomic E-state index is 0. The Morgan fingerprint density at radius 2 is 1.73 bits per heavy atom. The topological polar surface area (TPSA) is 90.3 Å². The molecule has 4 rings (SSSR count). The molecule has 0 radical (unpaired) electrons. The largest absolute Gasteiger partial charge is 0.487 e. The van der Waals surface area contributed by atoms with E-state index in [1.54, 1.807) is 43.6 Å². The number of ether oxygens (including phenoxy) is 2. The van der Waals surface area contributed by atoms with E-state index in [1.807, 2.05) is 11.5 Å². The van der Waals surface area contributed by atoms with Gasteiger partial charge in [0.05, 0.1) is 24.1 Å². The van der Waals surface area contributed by atoms with Crippen molar-refractivity contribution in [2.45, 2.75) is 46.6 Å². The van der Waals surface area contributed by atoms with Crippen LogP contribution >= 0.6 is 17.0 Å². The molecule has 196 valence electrons. The lowest BCUT2D eigenvalue weighted by Crippen LogP contribution is -2.14. The minimum Gasteiger partial charge on any atom is -0.487 e. The third-order valence-corrected chi connectivity index (χ3v) is 6.18. The molecule has 2 aromatic carbocycles. The van der Waals surface area contributed by atoms with Crippen LogP contribution in [0.4, 0.5) is 4.39 Å². The summed E-state index contributed by atoms with van der Waals surface area (Å²) in [7, 11) is 0. The number of carbonyl (C=O) groups excluding carboxylic acids is 1. The number of hydrogen-bond donors (Lipinski definition) is 1. The Morgan fingerprint density at radius 3 is 2.38 bits per heavy atom. The van der Waals surface area contributed by atoms with Crippen LogP contribution in [0.15, 0.2) is 53.2 Å². The third kappa shape index (κ3) is 6.46. The molecule has 0 spiro atoms. The first-order chi connectivity index (χ1) is 17.2. The number of carbonyl (C=O) groups is 1. The van der Waals surface area contributed by atoms with E-state index >= 15 is 0 Å². The van der Waals surface area contributed by atoms with E-state index in [2.05, 4.69) is 11.9 Å². The fourth-order valence-corrected chi connectivity index (χ4v) is 4.19. The molecular weight excluding hydrogens is 541 g/mol. The number of ketones is 1. The quantitative estimate of drug-likeness (QED) is 0.226. The third-order valence-electron chi connectivity index (χ3n) is 6.18. The van der Waals surface area contributed by atoms with Crippen LogP contribution in [0.2, 0.25) is 0 Å².